The molecule has 0 fully saturated rings. The first-order valence-corrected chi connectivity index (χ1v) is 14.9. The van der Waals surface area contributed by atoms with Crippen LogP contribution in [0.1, 0.15) is 142 Å². The molecular formula is C30H59NO5. The summed E-state index contributed by atoms with van der Waals surface area (Å²) in [4.78, 5) is 23.3. The molecule has 0 amide bonds. The Morgan fingerprint density at radius 2 is 0.806 bits per heavy atom. The molecule has 6 heteroatoms. The summed E-state index contributed by atoms with van der Waals surface area (Å²) >= 11 is 0. The largest absolute Gasteiger partial charge is 0.463 e. The Bertz CT molecular complexity index is 440. The molecule has 0 bridgehead atoms. The van der Waals surface area contributed by atoms with Crippen molar-refractivity contribution in [3.05, 3.63) is 12.2 Å². The first kappa shape index (κ1) is 36.8. The third-order valence-corrected chi connectivity index (χ3v) is 5.97. The molecule has 0 saturated heterocycles. The molecule has 0 aromatic heterocycles. The lowest BCUT2D eigenvalue weighted by Gasteiger charge is -2.04. The van der Waals surface area contributed by atoms with Gasteiger partial charge < -0.3 is 20.3 Å². The smallest absolute Gasteiger partial charge is 0.331 e. The number of nitrogens with two attached hydrogens (primary N) is 1. The van der Waals surface area contributed by atoms with E-state index in [-0.39, 0.29) is 6.61 Å². The lowest BCUT2D eigenvalue weighted by atomic mass is 10.1. The number of unbranched alkanes of at least 4 members (excludes halogenated alkanes) is 18. The van der Waals surface area contributed by atoms with Crippen LogP contribution in [0.25, 0.3) is 0 Å². The predicted octanol–water partition coefficient (Wildman–Crippen LogP) is 7.41. The van der Waals surface area contributed by atoms with E-state index in [0.29, 0.717) is 19.8 Å². The van der Waals surface area contributed by atoms with E-state index in [1.807, 2.05) is 0 Å². The average molecular weight is 514 g/mol. The second-order valence-corrected chi connectivity index (χ2v) is 9.54. The van der Waals surface area contributed by atoms with Gasteiger partial charge in [-0.25, -0.2) is 9.59 Å². The van der Waals surface area contributed by atoms with Gasteiger partial charge in [0.25, 0.3) is 0 Å². The van der Waals surface area contributed by atoms with Crippen LogP contribution in [-0.2, 0) is 19.1 Å². The highest BCUT2D eigenvalue weighted by Crippen LogP contribution is 2.11. The zero-order valence-electron chi connectivity index (χ0n) is 23.8. The van der Waals surface area contributed by atoms with Crippen molar-refractivity contribution in [2.24, 2.45) is 5.73 Å². The van der Waals surface area contributed by atoms with E-state index in [0.717, 1.165) is 25.7 Å². The van der Waals surface area contributed by atoms with E-state index in [1.54, 1.807) is 0 Å². The van der Waals surface area contributed by atoms with Gasteiger partial charge in [-0.05, 0) is 12.8 Å². The van der Waals surface area contributed by atoms with Gasteiger partial charge in [-0.3, -0.25) is 0 Å². The van der Waals surface area contributed by atoms with Crippen LogP contribution in [0.5, 0.6) is 0 Å². The van der Waals surface area contributed by atoms with Gasteiger partial charge in [-0.1, -0.05) is 129 Å². The molecule has 214 valence electrons. The van der Waals surface area contributed by atoms with E-state index >= 15 is 0 Å². The van der Waals surface area contributed by atoms with Crippen LogP contribution in [0.3, 0.4) is 0 Å². The molecule has 0 aliphatic heterocycles. The van der Waals surface area contributed by atoms with Gasteiger partial charge in [-0.2, -0.15) is 0 Å². The van der Waals surface area contributed by atoms with Crippen LogP contribution < -0.4 is 5.73 Å². The topological polar surface area (TPSA) is 98.9 Å². The third-order valence-electron chi connectivity index (χ3n) is 5.97. The Morgan fingerprint density at radius 1 is 0.556 bits per heavy atom. The fourth-order valence-corrected chi connectivity index (χ4v) is 3.76. The zero-order valence-corrected chi connectivity index (χ0v) is 23.8. The number of ether oxygens (including phenoxy) is 2. The average Bonchev–Trinajstić information content (AvgIpc) is 2.89. The van der Waals surface area contributed by atoms with E-state index in [1.165, 1.54) is 115 Å². The molecule has 0 aromatic rings. The molecule has 6 nitrogen and oxygen atoms in total. The number of carbonyl (C=O) groups is 2. The Morgan fingerprint density at radius 3 is 1.06 bits per heavy atom. The second kappa shape index (κ2) is 33.6. The van der Waals surface area contributed by atoms with Crippen molar-refractivity contribution in [1.29, 1.82) is 0 Å². The minimum absolute atomic E-state index is 0.0972. The maximum atomic E-state index is 11.7. The number of carbonyl (C=O) groups excluding carboxylic acids is 2. The Kier molecular flexibility index (Phi) is 34.3. The lowest BCUT2D eigenvalue weighted by molar-refractivity contribution is -0.140. The Hall–Kier alpha value is -1.40. The van der Waals surface area contributed by atoms with Gasteiger partial charge in [0.2, 0.25) is 0 Å². The first-order valence-electron chi connectivity index (χ1n) is 14.9. The van der Waals surface area contributed by atoms with E-state index in [4.69, 9.17) is 20.3 Å². The quantitative estimate of drug-likeness (QED) is 0.0749. The van der Waals surface area contributed by atoms with Gasteiger partial charge in [0.05, 0.1) is 19.8 Å². The first-order chi connectivity index (χ1) is 17.6. The molecule has 0 atom stereocenters. The maximum absolute atomic E-state index is 11.7. The van der Waals surface area contributed by atoms with Crippen LogP contribution in [0, 0.1) is 0 Å². The summed E-state index contributed by atoms with van der Waals surface area (Å²) in [6.07, 6.45) is 27.3. The lowest BCUT2D eigenvalue weighted by Crippen LogP contribution is -2.06. The van der Waals surface area contributed by atoms with E-state index < -0.39 is 11.9 Å². The minimum atomic E-state index is -0.461. The molecule has 36 heavy (non-hydrogen) atoms. The van der Waals surface area contributed by atoms with Crippen molar-refractivity contribution in [1.82, 2.24) is 0 Å². The number of aliphatic hydroxyl groups excluding tert-OH is 1. The van der Waals surface area contributed by atoms with Crippen molar-refractivity contribution >= 4 is 11.9 Å². The number of rotatable bonds is 25. The Balaban J connectivity index is 0. The normalized spacial score (nSPS) is 10.8. The fraction of sp³-hybridized carbons (Fsp3) is 0.867. The zero-order chi connectivity index (χ0) is 27.0. The van der Waals surface area contributed by atoms with Gasteiger partial charge in [0.1, 0.15) is 0 Å². The monoisotopic (exact) mass is 513 g/mol. The fourth-order valence-electron chi connectivity index (χ4n) is 3.76. The molecule has 0 heterocycles. The van der Waals surface area contributed by atoms with E-state index in [2.05, 4.69) is 13.8 Å². The van der Waals surface area contributed by atoms with Crippen molar-refractivity contribution in [3.8, 4) is 0 Å². The molecule has 0 unspecified atom stereocenters. The minimum Gasteiger partial charge on any atom is -0.463 e. The summed E-state index contributed by atoms with van der Waals surface area (Å²) in [5.41, 5.74) is 4.78. The van der Waals surface area contributed by atoms with Crippen LogP contribution in [0.15, 0.2) is 12.2 Å². The van der Waals surface area contributed by atoms with Gasteiger partial charge in [0.15, 0.2) is 0 Å². The van der Waals surface area contributed by atoms with Crippen LogP contribution in [0.2, 0.25) is 0 Å². The SMILES string of the molecule is CCCCCCCCCCCCOC(=O)/C=C\C(=O)OCCCCCCCCCCCC.NCCO. The highest BCUT2D eigenvalue weighted by atomic mass is 16.5. The Labute approximate surface area is 222 Å². The summed E-state index contributed by atoms with van der Waals surface area (Å²) in [5.74, 6) is -0.923. The van der Waals surface area contributed by atoms with Gasteiger partial charge in [0, 0.05) is 18.7 Å². The summed E-state index contributed by atoms with van der Waals surface area (Å²) in [7, 11) is 0. The number of hydrogen-bond acceptors (Lipinski definition) is 6. The standard InChI is InChI=1S/C28H52O4.C2H7NO/c1-3-5-7-9-11-13-15-17-19-21-25-31-27(29)23-24-28(30)32-26-22-20-18-16-14-12-10-8-6-4-2;3-1-2-4/h23-24H,3-22,25-26H2,1-2H3;4H,1-3H2/b24-23-;. The molecule has 0 rings (SSSR count). The van der Waals surface area contributed by atoms with Crippen LogP contribution in [-0.4, -0.2) is 43.4 Å². The molecule has 3 N–H and O–H groups in total. The van der Waals surface area contributed by atoms with Crippen molar-refractivity contribution in [3.63, 3.8) is 0 Å². The summed E-state index contributed by atoms with van der Waals surface area (Å²) in [6, 6.07) is 0. The molecule has 0 aliphatic carbocycles. The molecule has 0 aliphatic rings. The predicted molar refractivity (Wildman–Crippen MR) is 151 cm³/mol. The molecular weight excluding hydrogens is 454 g/mol. The molecule has 0 saturated carbocycles. The summed E-state index contributed by atoms with van der Waals surface area (Å²) in [6.45, 7) is 5.81. The van der Waals surface area contributed by atoms with Crippen LogP contribution in [0.4, 0.5) is 0 Å². The number of esters is 2. The summed E-state index contributed by atoms with van der Waals surface area (Å²) in [5, 5.41) is 7.75. The molecule has 0 spiro atoms. The van der Waals surface area contributed by atoms with Gasteiger partial charge >= 0.3 is 11.9 Å². The number of hydrogen-bond donors (Lipinski definition) is 2. The third kappa shape index (κ3) is 34.8. The van der Waals surface area contributed by atoms with Crippen molar-refractivity contribution in [2.45, 2.75) is 142 Å². The van der Waals surface area contributed by atoms with Crippen molar-refractivity contribution < 1.29 is 24.2 Å². The molecule has 0 radical (unpaired) electrons. The van der Waals surface area contributed by atoms with Crippen LogP contribution >= 0.6 is 0 Å². The highest BCUT2D eigenvalue weighted by Gasteiger charge is 2.01. The van der Waals surface area contributed by atoms with Crippen molar-refractivity contribution in [2.75, 3.05) is 26.4 Å². The molecule has 0 aromatic carbocycles. The number of aliphatic hydroxyl groups is 1. The summed E-state index contributed by atoms with van der Waals surface area (Å²) < 4.78 is 10.3. The highest BCUT2D eigenvalue weighted by molar-refractivity contribution is 5.91. The maximum Gasteiger partial charge on any atom is 0.331 e. The van der Waals surface area contributed by atoms with E-state index in [9.17, 15) is 9.59 Å². The second-order valence-electron chi connectivity index (χ2n) is 9.54. The van der Waals surface area contributed by atoms with Gasteiger partial charge in [-0.15, -0.1) is 0 Å².